The van der Waals surface area contributed by atoms with Gasteiger partial charge in [0.2, 0.25) is 0 Å². The van der Waals surface area contributed by atoms with E-state index in [-0.39, 0.29) is 12.2 Å². The first kappa shape index (κ1) is 16.6. The van der Waals surface area contributed by atoms with E-state index in [1.165, 1.54) is 0 Å². The number of hydrogen-bond acceptors (Lipinski definition) is 5. The maximum Gasteiger partial charge on any atom is 0.416 e. The Labute approximate surface area is 144 Å². The maximum atomic E-state index is 12.5. The van der Waals surface area contributed by atoms with Gasteiger partial charge < -0.3 is 13.9 Å². The van der Waals surface area contributed by atoms with Gasteiger partial charge in [-0.25, -0.2) is 4.79 Å². The van der Waals surface area contributed by atoms with Gasteiger partial charge >= 0.3 is 5.76 Å². The smallest absolute Gasteiger partial charge is 0.416 e. The molecule has 1 N–H and O–H groups in total. The molecule has 1 aromatic heterocycles. The summed E-state index contributed by atoms with van der Waals surface area (Å²) in [5, 5.41) is 0. The van der Waals surface area contributed by atoms with Crippen molar-refractivity contribution < 1.29 is 18.7 Å². The van der Waals surface area contributed by atoms with Crippen LogP contribution in [0.5, 0.6) is 11.5 Å². The summed E-state index contributed by atoms with van der Waals surface area (Å²) in [6, 6.07) is 13.9. The van der Waals surface area contributed by atoms with Crippen LogP contribution in [-0.4, -0.2) is 25.0 Å². The number of ether oxygens (including phenoxy) is 2. The van der Waals surface area contributed by atoms with Gasteiger partial charge in [0, 0.05) is 11.1 Å². The zero-order chi connectivity index (χ0) is 17.8. The first-order valence-electron chi connectivity index (χ1n) is 7.64. The molecule has 6 heteroatoms. The Morgan fingerprint density at radius 3 is 2.08 bits per heavy atom. The van der Waals surface area contributed by atoms with Gasteiger partial charge in [-0.3, -0.25) is 9.78 Å². The number of benzene rings is 2. The largest absolute Gasteiger partial charge is 0.497 e. The quantitative estimate of drug-likeness (QED) is 0.698. The second-order valence-corrected chi connectivity index (χ2v) is 5.37. The zero-order valence-electron chi connectivity index (χ0n) is 13.9. The van der Waals surface area contributed by atoms with Gasteiger partial charge in [0.15, 0.2) is 5.78 Å². The number of aromatic nitrogens is 1. The first-order valence-corrected chi connectivity index (χ1v) is 7.64. The average molecular weight is 339 g/mol. The predicted octanol–water partition coefficient (Wildman–Crippen LogP) is 3.08. The molecule has 0 atom stereocenters. The normalized spacial score (nSPS) is 10.5. The van der Waals surface area contributed by atoms with E-state index in [2.05, 4.69) is 4.98 Å². The minimum absolute atomic E-state index is 0.0214. The SMILES string of the molecule is COc1ccc(C(=O)Cc2oc(=O)[nH]c2-c2ccc(OC)cc2)cc1. The summed E-state index contributed by atoms with van der Waals surface area (Å²) >= 11 is 0. The standard InChI is InChI=1S/C19H17NO5/c1-23-14-7-3-12(4-8-14)16(21)11-17-18(20-19(22)25-17)13-5-9-15(24-2)10-6-13/h3-10H,11H2,1-2H3,(H,20,22). The molecule has 0 spiro atoms. The molecule has 0 aliphatic carbocycles. The van der Waals surface area contributed by atoms with Gasteiger partial charge in [0.1, 0.15) is 17.3 Å². The molecule has 2 aromatic carbocycles. The summed E-state index contributed by atoms with van der Waals surface area (Å²) in [6.07, 6.45) is -0.0214. The summed E-state index contributed by atoms with van der Waals surface area (Å²) in [7, 11) is 3.14. The fraction of sp³-hybridized carbons (Fsp3) is 0.158. The molecule has 0 fully saturated rings. The molecule has 6 nitrogen and oxygen atoms in total. The number of carbonyl (C=O) groups excluding carboxylic acids is 1. The number of ketones is 1. The number of carbonyl (C=O) groups is 1. The summed E-state index contributed by atoms with van der Waals surface area (Å²) in [6.45, 7) is 0. The van der Waals surface area contributed by atoms with Crippen molar-refractivity contribution in [1.82, 2.24) is 4.98 Å². The van der Waals surface area contributed by atoms with Crippen LogP contribution in [0.2, 0.25) is 0 Å². The van der Waals surface area contributed by atoms with Crippen LogP contribution >= 0.6 is 0 Å². The Morgan fingerprint density at radius 2 is 1.52 bits per heavy atom. The summed E-state index contributed by atoms with van der Waals surface area (Å²) in [5.74, 6) is 0.925. The van der Waals surface area contributed by atoms with Crippen LogP contribution in [0.15, 0.2) is 57.7 Å². The first-order chi connectivity index (χ1) is 12.1. The molecule has 0 unspecified atom stereocenters. The third-order valence-corrected chi connectivity index (χ3v) is 3.83. The van der Waals surface area contributed by atoms with Crippen molar-refractivity contribution in [3.63, 3.8) is 0 Å². The van der Waals surface area contributed by atoms with E-state index < -0.39 is 5.76 Å². The van der Waals surface area contributed by atoms with Crippen molar-refractivity contribution in [2.24, 2.45) is 0 Å². The number of Topliss-reactive ketones (excluding diaryl/α,β-unsaturated/α-hetero) is 1. The van der Waals surface area contributed by atoms with Gasteiger partial charge in [-0.1, -0.05) is 0 Å². The van der Waals surface area contributed by atoms with Crippen molar-refractivity contribution in [2.75, 3.05) is 14.2 Å². The Hall–Kier alpha value is -3.28. The van der Waals surface area contributed by atoms with Crippen molar-refractivity contribution in [3.8, 4) is 22.8 Å². The van der Waals surface area contributed by atoms with Crippen molar-refractivity contribution in [2.45, 2.75) is 6.42 Å². The average Bonchev–Trinajstić information content (AvgIpc) is 3.02. The van der Waals surface area contributed by atoms with E-state index in [0.29, 0.717) is 28.5 Å². The number of methoxy groups -OCH3 is 2. The second kappa shape index (κ2) is 7.09. The highest BCUT2D eigenvalue weighted by atomic mass is 16.5. The van der Waals surface area contributed by atoms with Crippen LogP contribution < -0.4 is 15.2 Å². The molecule has 0 bridgehead atoms. The molecule has 0 aliphatic heterocycles. The lowest BCUT2D eigenvalue weighted by atomic mass is 10.0. The minimum Gasteiger partial charge on any atom is -0.497 e. The third kappa shape index (κ3) is 3.63. The molecule has 128 valence electrons. The molecule has 0 aliphatic rings. The highest BCUT2D eigenvalue weighted by molar-refractivity contribution is 5.97. The lowest BCUT2D eigenvalue weighted by Gasteiger charge is -2.05. The van der Waals surface area contributed by atoms with Crippen molar-refractivity contribution in [3.05, 3.63) is 70.4 Å². The maximum absolute atomic E-state index is 12.5. The predicted molar refractivity (Wildman–Crippen MR) is 92.3 cm³/mol. The molecule has 25 heavy (non-hydrogen) atoms. The van der Waals surface area contributed by atoms with Gasteiger partial charge in [-0.2, -0.15) is 0 Å². The fourth-order valence-corrected chi connectivity index (χ4v) is 2.50. The monoisotopic (exact) mass is 339 g/mol. The number of aromatic amines is 1. The number of oxazole rings is 1. The number of rotatable bonds is 6. The minimum atomic E-state index is -0.594. The number of hydrogen-bond donors (Lipinski definition) is 1. The van der Waals surface area contributed by atoms with Crippen molar-refractivity contribution in [1.29, 1.82) is 0 Å². The zero-order valence-corrected chi connectivity index (χ0v) is 13.9. The Kier molecular flexibility index (Phi) is 4.70. The Bertz CT molecular complexity index is 920. The molecule has 3 rings (SSSR count). The highest BCUT2D eigenvalue weighted by Crippen LogP contribution is 2.24. The topological polar surface area (TPSA) is 81.5 Å². The number of H-pyrrole nitrogens is 1. The van der Waals surface area contributed by atoms with Gasteiger partial charge in [-0.05, 0) is 48.5 Å². The van der Waals surface area contributed by atoms with Crippen LogP contribution in [0.25, 0.3) is 11.3 Å². The van der Waals surface area contributed by atoms with E-state index >= 15 is 0 Å². The van der Waals surface area contributed by atoms with E-state index in [1.807, 2.05) is 0 Å². The Morgan fingerprint density at radius 1 is 0.960 bits per heavy atom. The number of nitrogens with one attached hydrogen (secondary N) is 1. The summed E-state index contributed by atoms with van der Waals surface area (Å²) in [4.78, 5) is 26.7. The molecule has 0 saturated heterocycles. The highest BCUT2D eigenvalue weighted by Gasteiger charge is 2.17. The van der Waals surface area contributed by atoms with Crippen LogP contribution in [0, 0.1) is 0 Å². The van der Waals surface area contributed by atoms with E-state index in [4.69, 9.17) is 13.9 Å². The third-order valence-electron chi connectivity index (χ3n) is 3.83. The molecule has 0 saturated carbocycles. The van der Waals surface area contributed by atoms with Crippen LogP contribution in [0.1, 0.15) is 16.1 Å². The van der Waals surface area contributed by atoms with E-state index in [0.717, 1.165) is 5.56 Å². The van der Waals surface area contributed by atoms with Crippen LogP contribution in [0.3, 0.4) is 0 Å². The van der Waals surface area contributed by atoms with Crippen LogP contribution in [0.4, 0.5) is 0 Å². The Balaban J connectivity index is 1.87. The lowest BCUT2D eigenvalue weighted by molar-refractivity contribution is 0.0986. The fourth-order valence-electron chi connectivity index (χ4n) is 2.50. The van der Waals surface area contributed by atoms with Crippen molar-refractivity contribution >= 4 is 5.78 Å². The second-order valence-electron chi connectivity index (χ2n) is 5.37. The summed E-state index contributed by atoms with van der Waals surface area (Å²) in [5.41, 5.74) is 1.75. The lowest BCUT2D eigenvalue weighted by Crippen LogP contribution is -2.04. The summed E-state index contributed by atoms with van der Waals surface area (Å²) < 4.78 is 15.4. The molecular weight excluding hydrogens is 322 g/mol. The molecule has 1 heterocycles. The van der Waals surface area contributed by atoms with Gasteiger partial charge in [-0.15, -0.1) is 0 Å². The van der Waals surface area contributed by atoms with Gasteiger partial charge in [0.25, 0.3) is 0 Å². The molecular formula is C19H17NO5. The molecule has 3 aromatic rings. The van der Waals surface area contributed by atoms with E-state index in [9.17, 15) is 9.59 Å². The van der Waals surface area contributed by atoms with Crippen LogP contribution in [-0.2, 0) is 6.42 Å². The molecule has 0 amide bonds. The van der Waals surface area contributed by atoms with E-state index in [1.54, 1.807) is 62.8 Å². The molecule has 0 radical (unpaired) electrons. The van der Waals surface area contributed by atoms with Gasteiger partial charge in [0.05, 0.1) is 26.3 Å².